The maximum Gasteiger partial charge on any atom is 0.417 e. The first kappa shape index (κ1) is 21.5. The largest absolute Gasteiger partial charge is 0.417 e. The summed E-state index contributed by atoms with van der Waals surface area (Å²) in [5, 5.41) is 2.79. The Morgan fingerprint density at radius 2 is 1.94 bits per heavy atom. The Morgan fingerprint density at radius 1 is 1.19 bits per heavy atom. The Balaban J connectivity index is 1.23. The van der Waals surface area contributed by atoms with Gasteiger partial charge in [-0.25, -0.2) is 4.79 Å². The number of piperidine rings is 1. The average molecular weight is 442 g/mol. The molecule has 0 saturated carbocycles. The van der Waals surface area contributed by atoms with E-state index in [0.29, 0.717) is 27.7 Å². The van der Waals surface area contributed by atoms with E-state index in [-0.39, 0.29) is 5.91 Å². The molecule has 7 nitrogen and oxygen atoms in total. The minimum Gasteiger partial charge on any atom is -0.408 e. The van der Waals surface area contributed by atoms with Gasteiger partial charge in [-0.2, -0.15) is 0 Å². The number of amides is 1. The van der Waals surface area contributed by atoms with Crippen molar-refractivity contribution in [2.45, 2.75) is 31.1 Å². The second-order valence-electron chi connectivity index (χ2n) is 8.09. The van der Waals surface area contributed by atoms with Crippen molar-refractivity contribution in [3.8, 4) is 0 Å². The Morgan fingerprint density at radius 3 is 2.65 bits per heavy atom. The van der Waals surface area contributed by atoms with Crippen molar-refractivity contribution in [3.63, 3.8) is 0 Å². The summed E-state index contributed by atoms with van der Waals surface area (Å²) >= 11 is 0. The Labute approximate surface area is 183 Å². The van der Waals surface area contributed by atoms with Crippen LogP contribution < -0.4 is 11.1 Å². The van der Waals surface area contributed by atoms with Crippen molar-refractivity contribution in [2.75, 3.05) is 30.7 Å². The summed E-state index contributed by atoms with van der Waals surface area (Å²) in [6.07, 6.45) is 3.29. The predicted molar refractivity (Wildman–Crippen MR) is 122 cm³/mol. The number of hydrogen-bond acceptors (Lipinski definition) is 5. The zero-order chi connectivity index (χ0) is 21.8. The molecule has 164 valence electrons. The van der Waals surface area contributed by atoms with E-state index in [0.717, 1.165) is 44.6 Å². The molecule has 1 aromatic heterocycles. The molecule has 2 heterocycles. The van der Waals surface area contributed by atoms with Crippen LogP contribution in [-0.2, 0) is 22.0 Å². The summed E-state index contributed by atoms with van der Waals surface area (Å²) in [6.45, 7) is 4.33. The van der Waals surface area contributed by atoms with Crippen LogP contribution >= 0.6 is 0 Å². The third-order valence-corrected chi connectivity index (χ3v) is 7.09. The van der Waals surface area contributed by atoms with E-state index < -0.39 is 16.6 Å². The van der Waals surface area contributed by atoms with Gasteiger partial charge in [0.2, 0.25) is 5.91 Å². The summed E-state index contributed by atoms with van der Waals surface area (Å²) in [4.78, 5) is 28.1. The van der Waals surface area contributed by atoms with Crippen LogP contribution in [0, 0.1) is 5.92 Å². The van der Waals surface area contributed by atoms with Crippen molar-refractivity contribution >= 4 is 33.5 Å². The van der Waals surface area contributed by atoms with Gasteiger partial charge in [-0.15, -0.1) is 0 Å². The van der Waals surface area contributed by atoms with E-state index in [4.69, 9.17) is 4.42 Å². The highest BCUT2D eigenvalue weighted by Gasteiger charge is 2.20. The molecule has 0 spiro atoms. The zero-order valence-electron chi connectivity index (χ0n) is 17.6. The molecular formula is C23H27N3O4S. The van der Waals surface area contributed by atoms with Crippen LogP contribution in [0.15, 0.2) is 56.6 Å². The van der Waals surface area contributed by atoms with E-state index >= 15 is 0 Å². The van der Waals surface area contributed by atoms with Crippen LogP contribution in [0.3, 0.4) is 0 Å². The number of hydrogen-bond donors (Lipinski definition) is 2. The van der Waals surface area contributed by atoms with Crippen LogP contribution in [0.5, 0.6) is 0 Å². The lowest BCUT2D eigenvalue weighted by Gasteiger charge is -2.31. The molecule has 1 saturated heterocycles. The first-order chi connectivity index (χ1) is 15.0. The number of carbonyl (C=O) groups is 1. The number of carbonyl (C=O) groups excluding carboxylic acids is 1. The SMILES string of the molecule is CC(=O)Nc1ccc(CC2CCN(CCS(=O)c3ccc4[nH]c(=O)oc4c3)CC2)cc1. The zero-order valence-corrected chi connectivity index (χ0v) is 18.4. The summed E-state index contributed by atoms with van der Waals surface area (Å²) in [5.41, 5.74) is 3.19. The molecule has 1 aliphatic heterocycles. The standard InChI is InChI=1S/C23H27N3O4S/c1-16(27)24-19-4-2-17(3-5-19)14-18-8-10-26(11-9-18)12-13-31(29)20-6-7-21-22(15-20)30-23(28)25-21/h2-7,15,18H,8-14H2,1H3,(H,24,27)(H,25,28). The molecule has 2 N–H and O–H groups in total. The van der Waals surface area contributed by atoms with Crippen LogP contribution in [-0.4, -0.2) is 45.4 Å². The number of benzene rings is 2. The molecule has 0 bridgehead atoms. The van der Waals surface area contributed by atoms with Crippen LogP contribution in [0.1, 0.15) is 25.3 Å². The van der Waals surface area contributed by atoms with Crippen LogP contribution in [0.2, 0.25) is 0 Å². The lowest BCUT2D eigenvalue weighted by molar-refractivity contribution is -0.114. The van der Waals surface area contributed by atoms with Crippen molar-refractivity contribution in [2.24, 2.45) is 5.92 Å². The highest BCUT2D eigenvalue weighted by atomic mass is 32.2. The Kier molecular flexibility index (Phi) is 6.67. The molecule has 1 aliphatic rings. The number of rotatable bonds is 7. The van der Waals surface area contributed by atoms with E-state index in [9.17, 15) is 13.8 Å². The molecule has 1 fully saturated rings. The van der Waals surface area contributed by atoms with Crippen molar-refractivity contribution in [1.82, 2.24) is 9.88 Å². The highest BCUT2D eigenvalue weighted by Crippen LogP contribution is 2.23. The number of likely N-dealkylation sites (tertiary alicyclic amines) is 1. The van der Waals surface area contributed by atoms with Crippen molar-refractivity contribution in [3.05, 3.63) is 58.6 Å². The van der Waals surface area contributed by atoms with Crippen molar-refractivity contribution in [1.29, 1.82) is 0 Å². The molecule has 4 rings (SSSR count). The second-order valence-corrected chi connectivity index (χ2v) is 9.66. The number of nitrogens with one attached hydrogen (secondary N) is 2. The summed E-state index contributed by atoms with van der Waals surface area (Å²) in [5.74, 6) is 0.657. The third kappa shape index (κ3) is 5.71. The molecule has 1 atom stereocenters. The van der Waals surface area contributed by atoms with Gasteiger partial charge in [-0.1, -0.05) is 12.1 Å². The van der Waals surface area contributed by atoms with E-state index in [1.807, 2.05) is 12.1 Å². The molecule has 2 aromatic carbocycles. The fraction of sp³-hybridized carbons (Fsp3) is 0.391. The van der Waals surface area contributed by atoms with Crippen LogP contribution in [0.4, 0.5) is 5.69 Å². The van der Waals surface area contributed by atoms with Gasteiger partial charge in [0.05, 0.1) is 16.3 Å². The summed E-state index contributed by atoms with van der Waals surface area (Å²) in [6, 6.07) is 13.3. The van der Waals surface area contributed by atoms with Gasteiger partial charge in [0.1, 0.15) is 0 Å². The number of fused-ring (bicyclic) bond motifs is 1. The molecule has 0 aliphatic carbocycles. The Hall–Kier alpha value is -2.71. The van der Waals surface area contributed by atoms with Gasteiger partial charge >= 0.3 is 5.76 Å². The smallest absolute Gasteiger partial charge is 0.408 e. The number of oxazole rings is 1. The van der Waals surface area contributed by atoms with Gasteiger partial charge in [0, 0.05) is 29.8 Å². The van der Waals surface area contributed by atoms with E-state index in [2.05, 4.69) is 27.3 Å². The quantitative estimate of drug-likeness (QED) is 0.587. The average Bonchev–Trinajstić information content (AvgIpc) is 3.13. The topological polar surface area (TPSA) is 95.4 Å². The number of aromatic amines is 1. The fourth-order valence-corrected chi connectivity index (χ4v) is 5.19. The second kappa shape index (κ2) is 9.62. The minimum absolute atomic E-state index is 0.0577. The molecule has 1 amide bonds. The number of nitrogens with zero attached hydrogens (tertiary/aromatic N) is 1. The van der Waals surface area contributed by atoms with Gasteiger partial charge in [-0.3, -0.25) is 14.0 Å². The maximum absolute atomic E-state index is 12.7. The third-order valence-electron chi connectivity index (χ3n) is 5.75. The summed E-state index contributed by atoms with van der Waals surface area (Å²) < 4.78 is 17.7. The van der Waals surface area contributed by atoms with Gasteiger partial charge in [-0.05, 0) is 74.2 Å². The van der Waals surface area contributed by atoms with Crippen molar-refractivity contribution < 1.29 is 13.4 Å². The molecule has 1 unspecified atom stereocenters. The molecular weight excluding hydrogens is 414 g/mol. The molecule has 3 aromatic rings. The molecule has 0 radical (unpaired) electrons. The van der Waals surface area contributed by atoms with Gasteiger partial charge < -0.3 is 14.6 Å². The van der Waals surface area contributed by atoms with Gasteiger partial charge in [0.25, 0.3) is 0 Å². The lowest BCUT2D eigenvalue weighted by Crippen LogP contribution is -2.36. The first-order valence-electron chi connectivity index (χ1n) is 10.6. The van der Waals surface area contributed by atoms with E-state index in [1.54, 1.807) is 18.2 Å². The summed E-state index contributed by atoms with van der Waals surface area (Å²) in [7, 11) is -1.13. The predicted octanol–water partition coefficient (Wildman–Crippen LogP) is 3.14. The fourth-order valence-electron chi connectivity index (χ4n) is 4.07. The lowest BCUT2D eigenvalue weighted by atomic mass is 9.90. The maximum atomic E-state index is 12.7. The minimum atomic E-state index is -1.13. The molecule has 8 heteroatoms. The normalized spacial score (nSPS) is 16.4. The van der Waals surface area contributed by atoms with Gasteiger partial charge in [0.15, 0.2) is 5.58 Å². The number of aromatic nitrogens is 1. The highest BCUT2D eigenvalue weighted by molar-refractivity contribution is 7.85. The number of anilines is 1. The first-order valence-corrected chi connectivity index (χ1v) is 11.9. The van der Waals surface area contributed by atoms with E-state index in [1.165, 1.54) is 12.5 Å². The monoisotopic (exact) mass is 441 g/mol. The number of H-pyrrole nitrogens is 1. The molecule has 31 heavy (non-hydrogen) atoms. The van der Waals surface area contributed by atoms with Crippen LogP contribution in [0.25, 0.3) is 11.1 Å². The Bertz CT molecular complexity index is 1130.